The van der Waals surface area contributed by atoms with Gasteiger partial charge < -0.3 is 0 Å². The van der Waals surface area contributed by atoms with E-state index in [1.165, 1.54) is 24.8 Å². The Bertz CT molecular complexity index is 686. The lowest BCUT2D eigenvalue weighted by Crippen LogP contribution is -2.52. The van der Waals surface area contributed by atoms with Crippen LogP contribution in [0.5, 0.6) is 0 Å². The molecule has 0 saturated carbocycles. The van der Waals surface area contributed by atoms with Crippen molar-refractivity contribution in [1.82, 2.24) is 9.88 Å². The molecule has 0 radical (unpaired) electrons. The second-order valence-corrected chi connectivity index (χ2v) is 7.57. The minimum absolute atomic E-state index is 0.225. The predicted molar refractivity (Wildman–Crippen MR) is 99.1 cm³/mol. The number of pyridine rings is 1. The smallest absolute Gasteiger partial charge is 0.140 e. The molecular weight excluding hydrogens is 308 g/mol. The van der Waals surface area contributed by atoms with Gasteiger partial charge in [-0.1, -0.05) is 42.8 Å². The van der Waals surface area contributed by atoms with Crippen LogP contribution in [0.2, 0.25) is 0 Å². The highest BCUT2D eigenvalue weighted by atomic mass is 16.1. The Balaban J connectivity index is 1.43. The first kappa shape index (κ1) is 16.5. The lowest BCUT2D eigenvalue weighted by atomic mass is 9.75. The van der Waals surface area contributed by atoms with Gasteiger partial charge >= 0.3 is 0 Å². The third-order valence-electron chi connectivity index (χ3n) is 5.89. The number of carbonyl (C=O) groups excluding carboxylic acids is 1. The van der Waals surface area contributed by atoms with Crippen molar-refractivity contribution in [3.63, 3.8) is 0 Å². The fourth-order valence-electron chi connectivity index (χ4n) is 4.64. The molecule has 2 bridgehead atoms. The van der Waals surface area contributed by atoms with Crippen LogP contribution in [0, 0.1) is 5.92 Å². The van der Waals surface area contributed by atoms with Gasteiger partial charge in [0.05, 0.1) is 0 Å². The van der Waals surface area contributed by atoms with E-state index in [2.05, 4.69) is 40.2 Å². The van der Waals surface area contributed by atoms with Gasteiger partial charge in [0.15, 0.2) is 0 Å². The van der Waals surface area contributed by atoms with Crippen molar-refractivity contribution < 1.29 is 4.79 Å². The number of Topliss-reactive ketones (excluding diaryl/α,β-unsaturated/α-hetero) is 1. The molecule has 0 spiro atoms. The van der Waals surface area contributed by atoms with E-state index in [1.54, 1.807) is 6.20 Å². The summed E-state index contributed by atoms with van der Waals surface area (Å²) < 4.78 is 0. The normalized spacial score (nSPS) is 26.3. The van der Waals surface area contributed by atoms with E-state index in [4.69, 9.17) is 0 Å². The molecule has 2 saturated heterocycles. The second-order valence-electron chi connectivity index (χ2n) is 7.57. The van der Waals surface area contributed by atoms with E-state index < -0.39 is 0 Å². The molecule has 4 rings (SSSR count). The molecule has 0 N–H and O–H groups in total. The van der Waals surface area contributed by atoms with Crippen LogP contribution < -0.4 is 0 Å². The van der Waals surface area contributed by atoms with E-state index >= 15 is 0 Å². The zero-order chi connectivity index (χ0) is 17.1. The first-order valence-electron chi connectivity index (χ1n) is 9.51. The summed E-state index contributed by atoms with van der Waals surface area (Å²) in [6.07, 6.45) is 9.97. The average Bonchev–Trinajstić information content (AvgIpc) is 2.63. The molecule has 2 atom stereocenters. The van der Waals surface area contributed by atoms with Gasteiger partial charge in [-0.15, -0.1) is 0 Å². The molecule has 2 aromatic rings. The molecule has 130 valence electrons. The van der Waals surface area contributed by atoms with Crippen molar-refractivity contribution in [1.29, 1.82) is 0 Å². The van der Waals surface area contributed by atoms with Gasteiger partial charge in [0, 0.05) is 43.4 Å². The van der Waals surface area contributed by atoms with Crippen LogP contribution in [-0.4, -0.2) is 27.8 Å². The van der Waals surface area contributed by atoms with Crippen molar-refractivity contribution in [2.24, 2.45) is 5.92 Å². The molecule has 0 amide bonds. The number of piperidine rings is 2. The summed E-state index contributed by atoms with van der Waals surface area (Å²) in [4.78, 5) is 19.6. The maximum atomic E-state index is 12.8. The molecule has 0 aliphatic carbocycles. The van der Waals surface area contributed by atoms with E-state index in [0.29, 0.717) is 24.3 Å². The van der Waals surface area contributed by atoms with Crippen LogP contribution >= 0.6 is 0 Å². The zero-order valence-corrected chi connectivity index (χ0v) is 14.7. The first-order valence-corrected chi connectivity index (χ1v) is 9.51. The number of benzene rings is 1. The number of aromatic nitrogens is 1. The number of nitrogens with zero attached hydrogens (tertiary/aromatic N) is 2. The molecule has 3 heterocycles. The van der Waals surface area contributed by atoms with E-state index in [-0.39, 0.29) is 5.92 Å². The molecule has 2 fully saturated rings. The Kier molecular flexibility index (Phi) is 4.93. The fraction of sp³-hybridized carbons (Fsp3) is 0.455. The lowest BCUT2D eigenvalue weighted by Gasteiger charge is -2.48. The van der Waals surface area contributed by atoms with Crippen molar-refractivity contribution in [2.45, 2.75) is 57.2 Å². The Hall–Kier alpha value is -2.00. The van der Waals surface area contributed by atoms with Gasteiger partial charge in [0.2, 0.25) is 0 Å². The topological polar surface area (TPSA) is 33.2 Å². The predicted octanol–water partition coefficient (Wildman–Crippen LogP) is 4.03. The van der Waals surface area contributed by atoms with E-state index in [9.17, 15) is 4.79 Å². The quantitative estimate of drug-likeness (QED) is 0.828. The third-order valence-corrected chi connectivity index (χ3v) is 5.89. The summed E-state index contributed by atoms with van der Waals surface area (Å²) in [6, 6.07) is 15.8. The second kappa shape index (κ2) is 7.49. The highest BCUT2D eigenvalue weighted by Gasteiger charge is 2.40. The van der Waals surface area contributed by atoms with Crippen LogP contribution in [0.3, 0.4) is 0 Å². The molecule has 2 unspecified atom stereocenters. The van der Waals surface area contributed by atoms with Gasteiger partial charge in [-0.2, -0.15) is 0 Å². The molecule has 25 heavy (non-hydrogen) atoms. The van der Waals surface area contributed by atoms with Crippen molar-refractivity contribution >= 4 is 5.78 Å². The minimum atomic E-state index is 0.225. The molecule has 2 aliphatic heterocycles. The average molecular weight is 334 g/mol. The van der Waals surface area contributed by atoms with Gasteiger partial charge in [-0.25, -0.2) is 0 Å². The highest BCUT2D eigenvalue weighted by Crippen LogP contribution is 2.38. The molecular formula is C22H26N2O. The van der Waals surface area contributed by atoms with Crippen LogP contribution in [-0.2, 0) is 17.8 Å². The Morgan fingerprint density at radius 3 is 2.40 bits per heavy atom. The number of carbonyl (C=O) groups is 1. The number of hydrogen-bond acceptors (Lipinski definition) is 3. The first-order chi connectivity index (χ1) is 12.3. The van der Waals surface area contributed by atoms with Crippen LogP contribution in [0.1, 0.15) is 43.2 Å². The molecule has 2 aliphatic rings. The summed E-state index contributed by atoms with van der Waals surface area (Å²) >= 11 is 0. The Morgan fingerprint density at radius 1 is 1.00 bits per heavy atom. The number of ketones is 1. The summed E-state index contributed by atoms with van der Waals surface area (Å²) in [5, 5.41) is 0. The summed E-state index contributed by atoms with van der Waals surface area (Å²) in [5.41, 5.74) is 2.43. The summed E-state index contributed by atoms with van der Waals surface area (Å²) in [5.74, 6) is 0.631. The molecule has 1 aromatic carbocycles. The standard InChI is InChI=1S/C22H26N2O/c25-22(12-18-8-5-11-23-15-18)19-13-20-9-4-10-21(14-19)24(20)16-17-6-2-1-3-7-17/h1-3,5-8,11,15,19-21H,4,9-10,12-14,16H2. The van der Waals surface area contributed by atoms with Crippen molar-refractivity contribution in [3.8, 4) is 0 Å². The monoisotopic (exact) mass is 334 g/mol. The minimum Gasteiger partial charge on any atom is -0.299 e. The van der Waals surface area contributed by atoms with E-state index in [1.807, 2.05) is 18.3 Å². The number of hydrogen-bond donors (Lipinski definition) is 0. The zero-order valence-electron chi connectivity index (χ0n) is 14.7. The SMILES string of the molecule is O=C(Cc1cccnc1)C1CC2CCCC(C1)N2Cc1ccccc1. The van der Waals surface area contributed by atoms with Gasteiger partial charge in [0.1, 0.15) is 5.78 Å². The van der Waals surface area contributed by atoms with E-state index in [0.717, 1.165) is 24.9 Å². The van der Waals surface area contributed by atoms with Crippen LogP contribution in [0.4, 0.5) is 0 Å². The van der Waals surface area contributed by atoms with Gasteiger partial charge in [-0.3, -0.25) is 14.7 Å². The fourth-order valence-corrected chi connectivity index (χ4v) is 4.64. The number of fused-ring (bicyclic) bond motifs is 2. The maximum Gasteiger partial charge on any atom is 0.140 e. The maximum absolute atomic E-state index is 12.8. The Labute approximate surface area is 150 Å². The lowest BCUT2D eigenvalue weighted by molar-refractivity contribution is -0.126. The number of rotatable bonds is 5. The van der Waals surface area contributed by atoms with Gasteiger partial charge in [0.25, 0.3) is 0 Å². The molecule has 3 nitrogen and oxygen atoms in total. The third kappa shape index (κ3) is 3.82. The van der Waals surface area contributed by atoms with Crippen molar-refractivity contribution in [3.05, 3.63) is 66.0 Å². The van der Waals surface area contributed by atoms with Crippen LogP contribution in [0.15, 0.2) is 54.9 Å². The summed E-state index contributed by atoms with van der Waals surface area (Å²) in [6.45, 7) is 1.03. The summed E-state index contributed by atoms with van der Waals surface area (Å²) in [7, 11) is 0. The van der Waals surface area contributed by atoms with Crippen molar-refractivity contribution in [2.75, 3.05) is 0 Å². The van der Waals surface area contributed by atoms with Crippen LogP contribution in [0.25, 0.3) is 0 Å². The largest absolute Gasteiger partial charge is 0.299 e. The highest BCUT2D eigenvalue weighted by molar-refractivity contribution is 5.83. The van der Waals surface area contributed by atoms with Gasteiger partial charge in [-0.05, 0) is 42.9 Å². The molecule has 1 aromatic heterocycles. The Morgan fingerprint density at radius 2 is 1.72 bits per heavy atom. The molecule has 3 heteroatoms.